The molecule has 13 heavy (non-hydrogen) atoms. The third-order valence-corrected chi connectivity index (χ3v) is 1.89. The van der Waals surface area contributed by atoms with E-state index in [-0.39, 0.29) is 6.61 Å². The van der Waals surface area contributed by atoms with Gasteiger partial charge in [-0.3, -0.25) is 10.1 Å². The maximum atomic E-state index is 11.2. The van der Waals surface area contributed by atoms with E-state index < -0.39 is 17.4 Å². The van der Waals surface area contributed by atoms with Gasteiger partial charge < -0.3 is 4.74 Å². The van der Waals surface area contributed by atoms with E-state index in [0.29, 0.717) is 12.8 Å². The molecule has 1 aliphatic rings. The van der Waals surface area contributed by atoms with Gasteiger partial charge in [0.1, 0.15) is 5.41 Å². The van der Waals surface area contributed by atoms with Gasteiger partial charge in [-0.05, 0) is 19.8 Å². The summed E-state index contributed by atoms with van der Waals surface area (Å²) in [6.07, 6.45) is 0.262. The summed E-state index contributed by atoms with van der Waals surface area (Å²) in [6.45, 7) is 1.85. The van der Waals surface area contributed by atoms with Crippen molar-refractivity contribution in [2.75, 3.05) is 6.61 Å². The van der Waals surface area contributed by atoms with Crippen LogP contribution in [-0.2, 0) is 9.53 Å². The van der Waals surface area contributed by atoms with Gasteiger partial charge in [0, 0.05) is 0 Å². The molecule has 0 spiro atoms. The average Bonchev–Trinajstić information content (AvgIpc) is 2.84. The minimum absolute atomic E-state index is 0.207. The average molecular weight is 182 g/mol. The number of hydrogen-bond acceptors (Lipinski definition) is 4. The molecule has 1 fully saturated rings. The molecule has 0 aromatic carbocycles. The first-order valence-corrected chi connectivity index (χ1v) is 4.04. The van der Waals surface area contributed by atoms with Crippen molar-refractivity contribution in [3.63, 3.8) is 0 Å². The number of rotatable bonds is 2. The molecule has 1 aliphatic carbocycles. The van der Waals surface area contributed by atoms with E-state index in [2.05, 4.69) is 4.74 Å². The molecular formula is C8H10N2O3. The number of imide groups is 1. The van der Waals surface area contributed by atoms with E-state index in [1.165, 1.54) is 0 Å². The number of ether oxygens (including phenoxy) is 1. The summed E-state index contributed by atoms with van der Waals surface area (Å²) in [5, 5.41) is 10.6. The van der Waals surface area contributed by atoms with Gasteiger partial charge in [-0.15, -0.1) is 0 Å². The molecule has 70 valence electrons. The lowest BCUT2D eigenvalue weighted by atomic mass is 10.1. The van der Waals surface area contributed by atoms with Crippen LogP contribution in [0.4, 0.5) is 4.79 Å². The minimum atomic E-state index is -0.966. The van der Waals surface area contributed by atoms with Crippen LogP contribution in [0.15, 0.2) is 0 Å². The van der Waals surface area contributed by atoms with Crippen LogP contribution in [0.3, 0.4) is 0 Å². The van der Waals surface area contributed by atoms with Gasteiger partial charge in [-0.25, -0.2) is 4.79 Å². The molecule has 1 saturated carbocycles. The number of nitrogens with zero attached hydrogens (tertiary/aromatic N) is 1. The Morgan fingerprint density at radius 1 is 1.62 bits per heavy atom. The Morgan fingerprint density at radius 2 is 2.23 bits per heavy atom. The molecule has 0 unspecified atom stereocenters. The van der Waals surface area contributed by atoms with Crippen LogP contribution in [0.5, 0.6) is 0 Å². The van der Waals surface area contributed by atoms with E-state index in [1.54, 1.807) is 6.92 Å². The topological polar surface area (TPSA) is 79.2 Å². The van der Waals surface area contributed by atoms with Crippen LogP contribution in [0.25, 0.3) is 0 Å². The SMILES string of the molecule is CCOC(=O)NC(=O)C1(C#N)CC1. The highest BCUT2D eigenvalue weighted by Crippen LogP contribution is 2.44. The number of hydrogen-bond donors (Lipinski definition) is 1. The zero-order valence-corrected chi connectivity index (χ0v) is 7.29. The van der Waals surface area contributed by atoms with Gasteiger partial charge in [-0.2, -0.15) is 5.26 Å². The third-order valence-electron chi connectivity index (χ3n) is 1.89. The second-order valence-corrected chi connectivity index (χ2v) is 2.87. The Balaban J connectivity index is 2.43. The molecule has 1 rings (SSSR count). The number of carbonyl (C=O) groups excluding carboxylic acids is 2. The van der Waals surface area contributed by atoms with E-state index >= 15 is 0 Å². The highest BCUT2D eigenvalue weighted by Gasteiger charge is 2.51. The second kappa shape index (κ2) is 3.44. The Hall–Kier alpha value is -1.57. The number of nitrogens with one attached hydrogen (secondary N) is 1. The quantitative estimate of drug-likeness (QED) is 0.676. The zero-order chi connectivity index (χ0) is 9.90. The summed E-state index contributed by atoms with van der Waals surface area (Å²) in [4.78, 5) is 22.0. The predicted octanol–water partition coefficient (Wildman–Crippen LogP) is 0.563. The summed E-state index contributed by atoms with van der Waals surface area (Å²) in [5.41, 5.74) is -0.966. The molecule has 0 aromatic heterocycles. The van der Waals surface area contributed by atoms with Gasteiger partial charge in [0.05, 0.1) is 12.7 Å². The first kappa shape index (κ1) is 9.52. The normalized spacial score (nSPS) is 16.9. The van der Waals surface area contributed by atoms with Crippen LogP contribution in [-0.4, -0.2) is 18.6 Å². The fourth-order valence-corrected chi connectivity index (χ4v) is 0.894. The maximum absolute atomic E-state index is 11.2. The van der Waals surface area contributed by atoms with Gasteiger partial charge in [-0.1, -0.05) is 0 Å². The van der Waals surface area contributed by atoms with Crippen LogP contribution in [0, 0.1) is 16.7 Å². The number of carbonyl (C=O) groups is 2. The monoisotopic (exact) mass is 182 g/mol. The van der Waals surface area contributed by atoms with Crippen molar-refractivity contribution in [2.45, 2.75) is 19.8 Å². The first-order valence-electron chi connectivity index (χ1n) is 4.04. The molecule has 0 aromatic rings. The Kier molecular flexibility index (Phi) is 2.52. The lowest BCUT2D eigenvalue weighted by Crippen LogP contribution is -2.36. The number of alkyl carbamates (subject to hydrolysis) is 1. The van der Waals surface area contributed by atoms with Gasteiger partial charge in [0.2, 0.25) is 5.91 Å². The van der Waals surface area contributed by atoms with Crippen LogP contribution in [0.1, 0.15) is 19.8 Å². The predicted molar refractivity (Wildman–Crippen MR) is 42.4 cm³/mol. The molecule has 1 N–H and O–H groups in total. The summed E-state index contributed by atoms with van der Waals surface area (Å²) < 4.78 is 4.50. The number of nitriles is 1. The summed E-state index contributed by atoms with van der Waals surface area (Å²) in [6, 6.07) is 1.88. The van der Waals surface area contributed by atoms with Crippen molar-refractivity contribution in [3.05, 3.63) is 0 Å². The van der Waals surface area contributed by atoms with Crippen molar-refractivity contribution >= 4 is 12.0 Å². The first-order chi connectivity index (χ1) is 6.14. The third kappa shape index (κ3) is 1.96. The summed E-state index contributed by atoms with van der Waals surface area (Å²) in [7, 11) is 0. The zero-order valence-electron chi connectivity index (χ0n) is 7.29. The van der Waals surface area contributed by atoms with Crippen LogP contribution < -0.4 is 5.32 Å². The van der Waals surface area contributed by atoms with Crippen LogP contribution >= 0.6 is 0 Å². The molecule has 2 amide bonds. The lowest BCUT2D eigenvalue weighted by Gasteiger charge is -2.05. The molecular weight excluding hydrogens is 172 g/mol. The van der Waals surface area contributed by atoms with E-state index in [0.717, 1.165) is 0 Å². The summed E-state index contributed by atoms with van der Waals surface area (Å²) >= 11 is 0. The van der Waals surface area contributed by atoms with E-state index in [4.69, 9.17) is 5.26 Å². The smallest absolute Gasteiger partial charge is 0.413 e. The lowest BCUT2D eigenvalue weighted by molar-refractivity contribution is -0.123. The molecule has 0 heterocycles. The highest BCUT2D eigenvalue weighted by molar-refractivity contribution is 5.98. The van der Waals surface area contributed by atoms with E-state index in [1.807, 2.05) is 11.4 Å². The number of amides is 2. The fraction of sp³-hybridized carbons (Fsp3) is 0.625. The fourth-order valence-electron chi connectivity index (χ4n) is 0.894. The van der Waals surface area contributed by atoms with Crippen molar-refractivity contribution in [3.8, 4) is 6.07 Å². The Labute approximate surface area is 75.7 Å². The van der Waals surface area contributed by atoms with Crippen molar-refractivity contribution in [1.29, 1.82) is 5.26 Å². The van der Waals surface area contributed by atoms with Crippen molar-refractivity contribution in [2.24, 2.45) is 5.41 Å². The summed E-state index contributed by atoms with van der Waals surface area (Å²) in [5.74, 6) is -0.548. The van der Waals surface area contributed by atoms with Crippen molar-refractivity contribution in [1.82, 2.24) is 5.32 Å². The molecule has 0 bridgehead atoms. The molecule has 0 radical (unpaired) electrons. The van der Waals surface area contributed by atoms with Crippen molar-refractivity contribution < 1.29 is 14.3 Å². The van der Waals surface area contributed by atoms with Gasteiger partial charge in [0.25, 0.3) is 0 Å². The molecule has 0 saturated heterocycles. The largest absolute Gasteiger partial charge is 0.450 e. The highest BCUT2D eigenvalue weighted by atomic mass is 16.5. The molecule has 0 aliphatic heterocycles. The molecule has 5 nitrogen and oxygen atoms in total. The Morgan fingerprint density at radius 3 is 2.62 bits per heavy atom. The second-order valence-electron chi connectivity index (χ2n) is 2.87. The van der Waals surface area contributed by atoms with E-state index in [9.17, 15) is 9.59 Å². The van der Waals surface area contributed by atoms with Gasteiger partial charge >= 0.3 is 6.09 Å². The maximum Gasteiger partial charge on any atom is 0.413 e. The minimum Gasteiger partial charge on any atom is -0.450 e. The molecule has 0 atom stereocenters. The van der Waals surface area contributed by atoms with Crippen LogP contribution in [0.2, 0.25) is 0 Å². The standard InChI is InChI=1S/C8H10N2O3/c1-2-13-7(12)10-6(11)8(5-9)3-4-8/h2-4H2,1H3,(H,10,11,12). The molecule has 5 heteroatoms. The Bertz CT molecular complexity index is 276. The van der Waals surface area contributed by atoms with Gasteiger partial charge in [0.15, 0.2) is 0 Å².